The van der Waals surface area contributed by atoms with Gasteiger partial charge >= 0.3 is 0 Å². The Kier molecular flexibility index (Phi) is 5.39. The molecule has 0 radical (unpaired) electrons. The van der Waals surface area contributed by atoms with E-state index in [-0.39, 0.29) is 0 Å². The number of benzene rings is 1. The number of rotatable bonds is 7. The standard InChI is InChI=1S/C17H25N3O/c1-5-15-10-16(20(4)19-15)12-21-17-8-6-7-14(9-17)11-18-13(2)3/h6-10,13,18H,5,11-12H2,1-4H3. The summed E-state index contributed by atoms with van der Waals surface area (Å²) in [5, 5.41) is 7.85. The van der Waals surface area contributed by atoms with E-state index < -0.39 is 0 Å². The first-order chi connectivity index (χ1) is 10.1. The lowest BCUT2D eigenvalue weighted by atomic mass is 10.2. The first-order valence-electron chi connectivity index (χ1n) is 7.55. The van der Waals surface area contributed by atoms with Gasteiger partial charge in [0.25, 0.3) is 0 Å². The van der Waals surface area contributed by atoms with E-state index in [0.29, 0.717) is 12.6 Å². The normalized spacial score (nSPS) is 11.1. The summed E-state index contributed by atoms with van der Waals surface area (Å²) in [7, 11) is 1.96. The molecule has 21 heavy (non-hydrogen) atoms. The molecule has 0 fully saturated rings. The lowest BCUT2D eigenvalue weighted by Gasteiger charge is -2.10. The molecule has 0 unspecified atom stereocenters. The highest BCUT2D eigenvalue weighted by Crippen LogP contribution is 2.15. The smallest absolute Gasteiger partial charge is 0.130 e. The number of hydrogen-bond acceptors (Lipinski definition) is 3. The van der Waals surface area contributed by atoms with E-state index in [2.05, 4.69) is 49.4 Å². The molecule has 0 bridgehead atoms. The van der Waals surface area contributed by atoms with Crippen LogP contribution in [0.5, 0.6) is 5.75 Å². The first kappa shape index (κ1) is 15.6. The predicted octanol–water partition coefficient (Wildman–Crippen LogP) is 3.06. The second kappa shape index (κ2) is 7.27. The number of nitrogens with one attached hydrogen (secondary N) is 1. The summed E-state index contributed by atoms with van der Waals surface area (Å²) in [5.41, 5.74) is 3.43. The fourth-order valence-corrected chi connectivity index (χ4v) is 2.10. The monoisotopic (exact) mass is 287 g/mol. The largest absolute Gasteiger partial charge is 0.487 e. The van der Waals surface area contributed by atoms with E-state index in [0.717, 1.165) is 30.1 Å². The summed E-state index contributed by atoms with van der Waals surface area (Å²) in [6.07, 6.45) is 0.949. The van der Waals surface area contributed by atoms with Gasteiger partial charge in [0.1, 0.15) is 12.4 Å². The van der Waals surface area contributed by atoms with Crippen LogP contribution in [-0.4, -0.2) is 15.8 Å². The summed E-state index contributed by atoms with van der Waals surface area (Å²) in [6, 6.07) is 10.8. The molecule has 1 heterocycles. The maximum absolute atomic E-state index is 5.89. The van der Waals surface area contributed by atoms with Gasteiger partial charge in [-0.25, -0.2) is 0 Å². The van der Waals surface area contributed by atoms with Gasteiger partial charge in [-0.15, -0.1) is 0 Å². The van der Waals surface area contributed by atoms with Crippen molar-refractivity contribution in [3.05, 3.63) is 47.3 Å². The molecule has 0 saturated heterocycles. The molecule has 1 aromatic carbocycles. The van der Waals surface area contributed by atoms with Gasteiger partial charge in [0.2, 0.25) is 0 Å². The third kappa shape index (κ3) is 4.60. The highest BCUT2D eigenvalue weighted by atomic mass is 16.5. The number of nitrogens with zero attached hydrogens (tertiary/aromatic N) is 2. The van der Waals surface area contributed by atoms with Gasteiger partial charge in [-0.05, 0) is 30.2 Å². The van der Waals surface area contributed by atoms with Gasteiger partial charge in [-0.2, -0.15) is 5.10 Å². The van der Waals surface area contributed by atoms with E-state index in [1.807, 2.05) is 23.9 Å². The van der Waals surface area contributed by atoms with E-state index in [4.69, 9.17) is 4.74 Å². The van der Waals surface area contributed by atoms with Gasteiger partial charge < -0.3 is 10.1 Å². The molecule has 0 amide bonds. The molecule has 1 N–H and O–H groups in total. The Bertz CT molecular complexity index is 575. The Morgan fingerprint density at radius 2 is 2.10 bits per heavy atom. The zero-order valence-electron chi connectivity index (χ0n) is 13.4. The highest BCUT2D eigenvalue weighted by Gasteiger charge is 2.05. The van der Waals surface area contributed by atoms with Crippen LogP contribution in [0.2, 0.25) is 0 Å². The molecule has 4 heteroatoms. The minimum Gasteiger partial charge on any atom is -0.487 e. The Morgan fingerprint density at radius 3 is 2.76 bits per heavy atom. The molecule has 0 aliphatic rings. The summed E-state index contributed by atoms with van der Waals surface area (Å²) in [4.78, 5) is 0. The Labute approximate surface area is 127 Å². The van der Waals surface area contributed by atoms with Crippen LogP contribution < -0.4 is 10.1 Å². The number of ether oxygens (including phenoxy) is 1. The van der Waals surface area contributed by atoms with Crippen LogP contribution in [0.4, 0.5) is 0 Å². The van der Waals surface area contributed by atoms with Crippen molar-refractivity contribution in [1.29, 1.82) is 0 Å². The molecule has 0 spiro atoms. The summed E-state index contributed by atoms with van der Waals surface area (Å²) >= 11 is 0. The van der Waals surface area contributed by atoms with Crippen LogP contribution in [0.25, 0.3) is 0 Å². The van der Waals surface area contributed by atoms with Crippen molar-refractivity contribution >= 4 is 0 Å². The maximum atomic E-state index is 5.89. The SMILES string of the molecule is CCc1cc(COc2cccc(CNC(C)C)c2)n(C)n1. The molecule has 114 valence electrons. The van der Waals surface area contributed by atoms with Gasteiger partial charge in [-0.1, -0.05) is 32.9 Å². The van der Waals surface area contributed by atoms with Crippen molar-refractivity contribution in [3.63, 3.8) is 0 Å². The molecule has 0 aliphatic carbocycles. The molecular formula is C17H25N3O. The third-order valence-corrected chi connectivity index (χ3v) is 3.39. The summed E-state index contributed by atoms with van der Waals surface area (Å²) in [6.45, 7) is 7.81. The summed E-state index contributed by atoms with van der Waals surface area (Å²) < 4.78 is 7.78. The number of aryl methyl sites for hydroxylation is 2. The number of hydrogen-bond donors (Lipinski definition) is 1. The van der Waals surface area contributed by atoms with Crippen LogP contribution >= 0.6 is 0 Å². The van der Waals surface area contributed by atoms with Crippen molar-refractivity contribution in [2.75, 3.05) is 0 Å². The van der Waals surface area contributed by atoms with Crippen LogP contribution in [-0.2, 0) is 26.6 Å². The third-order valence-electron chi connectivity index (χ3n) is 3.39. The average Bonchev–Trinajstić information content (AvgIpc) is 2.84. The predicted molar refractivity (Wildman–Crippen MR) is 85.3 cm³/mol. The quantitative estimate of drug-likeness (QED) is 0.850. The first-order valence-corrected chi connectivity index (χ1v) is 7.55. The van der Waals surface area contributed by atoms with Crippen molar-refractivity contribution in [3.8, 4) is 5.75 Å². The topological polar surface area (TPSA) is 39.1 Å². The zero-order chi connectivity index (χ0) is 15.2. The van der Waals surface area contributed by atoms with Crippen LogP contribution in [0, 0.1) is 0 Å². The molecule has 2 aromatic rings. The molecule has 2 rings (SSSR count). The highest BCUT2D eigenvalue weighted by molar-refractivity contribution is 5.28. The van der Waals surface area contributed by atoms with Gasteiger partial charge in [0, 0.05) is 19.6 Å². The number of aromatic nitrogens is 2. The van der Waals surface area contributed by atoms with Gasteiger partial charge in [0.05, 0.1) is 11.4 Å². The van der Waals surface area contributed by atoms with E-state index in [9.17, 15) is 0 Å². The second-order valence-electron chi connectivity index (χ2n) is 5.58. The Hall–Kier alpha value is -1.81. The van der Waals surface area contributed by atoms with Gasteiger partial charge in [-0.3, -0.25) is 4.68 Å². The lowest BCUT2D eigenvalue weighted by molar-refractivity contribution is 0.294. The minimum atomic E-state index is 0.483. The van der Waals surface area contributed by atoms with Gasteiger partial charge in [0.15, 0.2) is 0 Å². The Balaban J connectivity index is 1.96. The fraction of sp³-hybridized carbons (Fsp3) is 0.471. The lowest BCUT2D eigenvalue weighted by Crippen LogP contribution is -2.21. The van der Waals surface area contributed by atoms with Crippen molar-refractivity contribution in [1.82, 2.24) is 15.1 Å². The van der Waals surface area contributed by atoms with E-state index in [1.54, 1.807) is 0 Å². The van der Waals surface area contributed by atoms with Crippen LogP contribution in [0.15, 0.2) is 30.3 Å². The van der Waals surface area contributed by atoms with Crippen molar-refractivity contribution in [2.24, 2.45) is 7.05 Å². The van der Waals surface area contributed by atoms with Crippen molar-refractivity contribution in [2.45, 2.75) is 46.4 Å². The zero-order valence-corrected chi connectivity index (χ0v) is 13.4. The minimum absolute atomic E-state index is 0.483. The molecule has 0 aliphatic heterocycles. The van der Waals surface area contributed by atoms with Crippen molar-refractivity contribution < 1.29 is 4.74 Å². The fourth-order valence-electron chi connectivity index (χ4n) is 2.10. The maximum Gasteiger partial charge on any atom is 0.130 e. The average molecular weight is 287 g/mol. The Morgan fingerprint density at radius 1 is 1.29 bits per heavy atom. The van der Waals surface area contributed by atoms with Crippen LogP contribution in [0.3, 0.4) is 0 Å². The second-order valence-corrected chi connectivity index (χ2v) is 5.58. The van der Waals surface area contributed by atoms with E-state index in [1.165, 1.54) is 5.56 Å². The molecule has 4 nitrogen and oxygen atoms in total. The molecule has 0 saturated carbocycles. The van der Waals surface area contributed by atoms with E-state index >= 15 is 0 Å². The molecular weight excluding hydrogens is 262 g/mol. The summed E-state index contributed by atoms with van der Waals surface area (Å²) in [5.74, 6) is 0.900. The molecule has 0 atom stereocenters. The van der Waals surface area contributed by atoms with Crippen LogP contribution in [0.1, 0.15) is 37.7 Å². The molecule has 1 aromatic heterocycles.